The highest BCUT2D eigenvalue weighted by Gasteiger charge is 2.49. The number of likely N-dealkylation sites (N-methyl/N-ethyl adjacent to an activating group) is 1. The van der Waals surface area contributed by atoms with E-state index in [-0.39, 0.29) is 17.9 Å². The Labute approximate surface area is 178 Å². The van der Waals surface area contributed by atoms with Crippen LogP contribution >= 0.6 is 11.8 Å². The summed E-state index contributed by atoms with van der Waals surface area (Å²) in [7, 11) is 1.81. The van der Waals surface area contributed by atoms with Gasteiger partial charge in [-0.3, -0.25) is 14.9 Å². The first kappa shape index (κ1) is 22.7. The van der Waals surface area contributed by atoms with Crippen molar-refractivity contribution in [3.8, 4) is 0 Å². The van der Waals surface area contributed by atoms with Crippen molar-refractivity contribution in [2.75, 3.05) is 32.1 Å². The summed E-state index contributed by atoms with van der Waals surface area (Å²) in [4.78, 5) is 28.5. The van der Waals surface area contributed by atoms with Gasteiger partial charge in [0.05, 0.1) is 17.3 Å². The molecule has 2 fully saturated rings. The second kappa shape index (κ2) is 9.01. The summed E-state index contributed by atoms with van der Waals surface area (Å²) >= 11 is 1.70. The number of alkyl halides is 3. The Morgan fingerprint density at radius 3 is 2.67 bits per heavy atom. The van der Waals surface area contributed by atoms with Crippen molar-refractivity contribution >= 4 is 29.7 Å². The first-order chi connectivity index (χ1) is 14.2. The molecule has 1 spiro atoms. The van der Waals surface area contributed by atoms with E-state index in [0.717, 1.165) is 24.3 Å². The Balaban J connectivity index is 1.59. The Hall–Kier alpha value is -2.00. The summed E-state index contributed by atoms with van der Waals surface area (Å²) in [6.45, 7) is 0.956. The minimum absolute atomic E-state index is 0.0910. The Bertz CT molecular complexity index is 820. The molecule has 9 heteroatoms. The number of benzene rings is 1. The smallest absolute Gasteiger partial charge is 0.339 e. The van der Waals surface area contributed by atoms with E-state index in [1.165, 1.54) is 24.3 Å². The number of hydrogen-bond acceptors (Lipinski definition) is 4. The van der Waals surface area contributed by atoms with Gasteiger partial charge in [-0.05, 0) is 42.2 Å². The lowest BCUT2D eigenvalue weighted by molar-refractivity contribution is -0.137. The van der Waals surface area contributed by atoms with Crippen molar-refractivity contribution in [3.05, 3.63) is 41.5 Å². The van der Waals surface area contributed by atoms with Crippen LogP contribution in [0.3, 0.4) is 0 Å². The summed E-state index contributed by atoms with van der Waals surface area (Å²) in [6, 6.07) is 4.69. The summed E-state index contributed by atoms with van der Waals surface area (Å²) in [6.07, 6.45) is 2.32. The quantitative estimate of drug-likeness (QED) is 0.713. The first-order valence-electron chi connectivity index (χ1n) is 9.85. The molecule has 0 aromatic heterocycles. The molecule has 0 saturated carbocycles. The Morgan fingerprint density at radius 1 is 1.33 bits per heavy atom. The van der Waals surface area contributed by atoms with Crippen molar-refractivity contribution in [2.24, 2.45) is 0 Å². The zero-order chi connectivity index (χ0) is 21.9. The normalized spacial score (nSPS) is 21.8. The van der Waals surface area contributed by atoms with Crippen LogP contribution in [-0.2, 0) is 15.8 Å². The molecule has 5 nitrogen and oxygen atoms in total. The predicted octanol–water partition coefficient (Wildman–Crippen LogP) is 3.22. The maximum absolute atomic E-state index is 12.8. The van der Waals surface area contributed by atoms with E-state index < -0.39 is 17.4 Å². The van der Waals surface area contributed by atoms with Crippen LogP contribution in [0.4, 0.5) is 13.2 Å². The van der Waals surface area contributed by atoms with E-state index in [1.54, 1.807) is 28.6 Å². The average molecular weight is 442 g/mol. The van der Waals surface area contributed by atoms with Crippen LogP contribution < -0.4 is 5.32 Å². The van der Waals surface area contributed by atoms with Gasteiger partial charge in [-0.2, -0.15) is 24.9 Å². The third kappa shape index (κ3) is 4.83. The van der Waals surface area contributed by atoms with Crippen molar-refractivity contribution in [3.63, 3.8) is 0 Å². The summed E-state index contributed by atoms with van der Waals surface area (Å²) < 4.78 is 38.5. The van der Waals surface area contributed by atoms with E-state index >= 15 is 0 Å². The molecule has 1 aromatic rings. The summed E-state index contributed by atoms with van der Waals surface area (Å²) in [5.41, 5.74) is -0.846. The van der Waals surface area contributed by atoms with Crippen LogP contribution in [0.2, 0.25) is 0 Å². The molecular formula is C21H26F3N3O2S. The number of nitrogens with zero attached hydrogens (tertiary/aromatic N) is 2. The van der Waals surface area contributed by atoms with Crippen molar-refractivity contribution < 1.29 is 22.8 Å². The number of amides is 2. The molecule has 30 heavy (non-hydrogen) atoms. The molecule has 1 unspecified atom stereocenters. The molecule has 0 radical (unpaired) electrons. The van der Waals surface area contributed by atoms with Gasteiger partial charge in [0.15, 0.2) is 0 Å². The minimum Gasteiger partial charge on any atom is -0.339 e. The maximum atomic E-state index is 12.8. The standard InChI is InChI=1S/C21H26F3N3O2S/c1-26-19(29)17(8-13-30-2)25-20(26)9-11-27(12-10-20)18(28)7-6-15-4-3-5-16(14-15)21(22,23)24/h3-7,14,17,25H,8-13H2,1-2H3/b7-6+. The van der Waals surface area contributed by atoms with Gasteiger partial charge in [-0.25, -0.2) is 0 Å². The van der Waals surface area contributed by atoms with Gasteiger partial charge in [0, 0.05) is 39.1 Å². The molecule has 2 aliphatic rings. The number of likely N-dealkylation sites (tertiary alicyclic amines) is 1. The summed E-state index contributed by atoms with van der Waals surface area (Å²) in [5.74, 6) is 0.750. The van der Waals surface area contributed by atoms with E-state index in [9.17, 15) is 22.8 Å². The Kier molecular flexibility index (Phi) is 6.81. The molecule has 2 amide bonds. The van der Waals surface area contributed by atoms with Crippen LogP contribution in [0, 0.1) is 0 Å². The lowest BCUT2D eigenvalue weighted by atomic mass is 9.96. The third-order valence-electron chi connectivity index (χ3n) is 5.86. The van der Waals surface area contributed by atoms with Gasteiger partial charge in [0.1, 0.15) is 0 Å². The SMILES string of the molecule is CSCCC1NC2(CCN(C(=O)/C=C/c3cccc(C(F)(F)F)c3)CC2)N(C)C1=O. The van der Waals surface area contributed by atoms with Gasteiger partial charge in [-0.15, -0.1) is 0 Å². The number of rotatable bonds is 5. The van der Waals surface area contributed by atoms with Crippen molar-refractivity contribution in [1.82, 2.24) is 15.1 Å². The second-order valence-electron chi connectivity index (χ2n) is 7.69. The number of hydrogen-bond donors (Lipinski definition) is 1. The van der Waals surface area contributed by atoms with Gasteiger partial charge in [0.25, 0.3) is 0 Å². The number of halogens is 3. The van der Waals surface area contributed by atoms with Crippen LogP contribution in [0.25, 0.3) is 6.08 Å². The molecule has 2 aliphatic heterocycles. The highest BCUT2D eigenvalue weighted by atomic mass is 32.2. The lowest BCUT2D eigenvalue weighted by Gasteiger charge is -2.43. The van der Waals surface area contributed by atoms with Gasteiger partial charge in [-0.1, -0.05) is 12.1 Å². The molecule has 164 valence electrons. The van der Waals surface area contributed by atoms with Crippen LogP contribution in [-0.4, -0.2) is 65.5 Å². The van der Waals surface area contributed by atoms with E-state index in [1.807, 2.05) is 6.26 Å². The molecule has 1 N–H and O–H groups in total. The molecule has 3 rings (SSSR count). The van der Waals surface area contributed by atoms with Crippen LogP contribution in [0.5, 0.6) is 0 Å². The van der Waals surface area contributed by atoms with Gasteiger partial charge < -0.3 is 9.80 Å². The monoisotopic (exact) mass is 441 g/mol. The van der Waals surface area contributed by atoms with Gasteiger partial charge in [0.2, 0.25) is 11.8 Å². The fourth-order valence-corrected chi connectivity index (χ4v) is 4.50. The molecule has 2 heterocycles. The zero-order valence-corrected chi connectivity index (χ0v) is 17.9. The fraction of sp³-hybridized carbons (Fsp3) is 0.524. The van der Waals surface area contributed by atoms with E-state index in [0.29, 0.717) is 31.5 Å². The van der Waals surface area contributed by atoms with Crippen LogP contribution in [0.15, 0.2) is 30.3 Å². The van der Waals surface area contributed by atoms with E-state index in [4.69, 9.17) is 0 Å². The number of thioether (sulfide) groups is 1. The lowest BCUT2D eigenvalue weighted by Crippen LogP contribution is -2.58. The molecule has 0 bridgehead atoms. The van der Waals surface area contributed by atoms with E-state index in [2.05, 4.69) is 5.32 Å². The van der Waals surface area contributed by atoms with Crippen LogP contribution in [0.1, 0.15) is 30.4 Å². The highest BCUT2D eigenvalue weighted by Crippen LogP contribution is 2.32. The molecule has 2 saturated heterocycles. The van der Waals surface area contributed by atoms with Gasteiger partial charge >= 0.3 is 6.18 Å². The average Bonchev–Trinajstić information content (AvgIpc) is 2.95. The summed E-state index contributed by atoms with van der Waals surface area (Å²) in [5, 5.41) is 3.48. The fourth-order valence-electron chi connectivity index (χ4n) is 4.03. The maximum Gasteiger partial charge on any atom is 0.416 e. The third-order valence-corrected chi connectivity index (χ3v) is 6.50. The molecule has 1 aromatic carbocycles. The number of nitrogens with one attached hydrogen (secondary N) is 1. The number of carbonyl (C=O) groups is 2. The van der Waals surface area contributed by atoms with Crippen molar-refractivity contribution in [2.45, 2.75) is 37.1 Å². The number of piperidine rings is 1. The second-order valence-corrected chi connectivity index (χ2v) is 8.67. The Morgan fingerprint density at radius 2 is 2.03 bits per heavy atom. The molecular weight excluding hydrogens is 415 g/mol. The number of carbonyl (C=O) groups excluding carboxylic acids is 2. The topological polar surface area (TPSA) is 52.7 Å². The molecule has 0 aliphatic carbocycles. The van der Waals surface area contributed by atoms with Crippen molar-refractivity contribution in [1.29, 1.82) is 0 Å². The predicted molar refractivity (Wildman–Crippen MR) is 112 cm³/mol. The first-order valence-corrected chi connectivity index (χ1v) is 11.2. The highest BCUT2D eigenvalue weighted by molar-refractivity contribution is 7.98. The zero-order valence-electron chi connectivity index (χ0n) is 17.0. The largest absolute Gasteiger partial charge is 0.416 e. The molecule has 1 atom stereocenters. The minimum atomic E-state index is -4.42.